The van der Waals surface area contributed by atoms with Gasteiger partial charge in [0.1, 0.15) is 0 Å². The molecule has 92 valence electrons. The molecule has 0 radical (unpaired) electrons. The summed E-state index contributed by atoms with van der Waals surface area (Å²) in [4.78, 5) is 18.0. The molecule has 1 aromatic rings. The number of rotatable bonds is 1. The Morgan fingerprint density at radius 3 is 3.00 bits per heavy atom. The van der Waals surface area contributed by atoms with Crippen molar-refractivity contribution in [3.63, 3.8) is 0 Å². The summed E-state index contributed by atoms with van der Waals surface area (Å²) in [7, 11) is 0. The maximum atomic E-state index is 12.1. The van der Waals surface area contributed by atoms with Gasteiger partial charge < -0.3 is 14.8 Å². The Kier molecular flexibility index (Phi) is 2.18. The third-order valence-electron chi connectivity index (χ3n) is 3.86. The van der Waals surface area contributed by atoms with Crippen molar-refractivity contribution in [1.82, 2.24) is 19.8 Å². The first kappa shape index (κ1) is 10.6. The molecule has 3 rings (SSSR count). The van der Waals surface area contributed by atoms with E-state index in [1.807, 2.05) is 17.4 Å². The average Bonchev–Trinajstić information content (AvgIpc) is 2.74. The Bertz CT molecular complexity index is 451. The zero-order valence-corrected chi connectivity index (χ0v) is 10.3. The monoisotopic (exact) mass is 234 g/mol. The first-order valence-electron chi connectivity index (χ1n) is 6.11. The summed E-state index contributed by atoms with van der Waals surface area (Å²) in [5, 5.41) is 3.09. The van der Waals surface area contributed by atoms with E-state index in [-0.39, 0.29) is 11.4 Å². The van der Waals surface area contributed by atoms with E-state index in [1.54, 1.807) is 0 Å². The largest absolute Gasteiger partial charge is 0.335 e. The van der Waals surface area contributed by atoms with Crippen molar-refractivity contribution in [2.75, 3.05) is 6.54 Å². The topological polar surface area (TPSA) is 50.2 Å². The second kappa shape index (κ2) is 3.48. The summed E-state index contributed by atoms with van der Waals surface area (Å²) < 4.78 is 2.10. The molecule has 17 heavy (non-hydrogen) atoms. The number of nitrogens with zero attached hydrogens (tertiary/aromatic N) is 3. The van der Waals surface area contributed by atoms with Crippen LogP contribution in [-0.2, 0) is 13.1 Å². The second-order valence-corrected chi connectivity index (χ2v) is 5.69. The number of aromatic nitrogens is 2. The van der Waals surface area contributed by atoms with Crippen molar-refractivity contribution >= 4 is 6.03 Å². The minimum atomic E-state index is 0.0630. The molecule has 1 saturated carbocycles. The lowest BCUT2D eigenvalue weighted by Crippen LogP contribution is -2.45. The second-order valence-electron chi connectivity index (χ2n) is 5.69. The fraction of sp³-hybridized carbons (Fsp3) is 0.667. The Morgan fingerprint density at radius 2 is 2.29 bits per heavy atom. The molecule has 2 amide bonds. The highest BCUT2D eigenvalue weighted by molar-refractivity contribution is 5.75. The Hall–Kier alpha value is -1.52. The zero-order valence-electron chi connectivity index (χ0n) is 10.3. The number of imidazole rings is 1. The smallest absolute Gasteiger partial charge is 0.318 e. The van der Waals surface area contributed by atoms with Crippen LogP contribution in [0.4, 0.5) is 4.79 Å². The Labute approximate surface area is 101 Å². The van der Waals surface area contributed by atoms with Crippen LogP contribution < -0.4 is 5.32 Å². The van der Waals surface area contributed by atoms with Crippen LogP contribution >= 0.6 is 0 Å². The molecular formula is C12H18N4O. The summed E-state index contributed by atoms with van der Waals surface area (Å²) in [5.41, 5.74) is 1.40. The molecule has 2 heterocycles. The number of carbonyl (C=O) groups is 1. The van der Waals surface area contributed by atoms with Crippen molar-refractivity contribution < 1.29 is 4.79 Å². The van der Waals surface area contributed by atoms with Gasteiger partial charge in [-0.3, -0.25) is 0 Å². The lowest BCUT2D eigenvalue weighted by atomic mass is 10.2. The van der Waals surface area contributed by atoms with Gasteiger partial charge in [0.2, 0.25) is 0 Å². The summed E-state index contributed by atoms with van der Waals surface area (Å²) in [6.45, 7) is 6.64. The first-order valence-corrected chi connectivity index (χ1v) is 6.11. The van der Waals surface area contributed by atoms with E-state index in [1.165, 1.54) is 0 Å². The van der Waals surface area contributed by atoms with Gasteiger partial charge in [-0.2, -0.15) is 0 Å². The highest BCUT2D eigenvalue weighted by Gasteiger charge is 2.47. The average molecular weight is 234 g/mol. The number of nitrogens with one attached hydrogen (secondary N) is 1. The molecule has 1 atom stereocenters. The third-order valence-corrected chi connectivity index (χ3v) is 3.86. The number of carbonyl (C=O) groups excluding carboxylic acids is 1. The van der Waals surface area contributed by atoms with Crippen LogP contribution in [0.25, 0.3) is 0 Å². The zero-order chi connectivity index (χ0) is 12.0. The minimum Gasteiger partial charge on any atom is -0.335 e. The molecule has 0 unspecified atom stereocenters. The van der Waals surface area contributed by atoms with E-state index in [9.17, 15) is 4.79 Å². The van der Waals surface area contributed by atoms with Crippen LogP contribution in [0.3, 0.4) is 0 Å². The predicted molar refractivity (Wildman–Crippen MR) is 63.4 cm³/mol. The first-order chi connectivity index (χ1) is 8.06. The molecule has 1 aliphatic heterocycles. The van der Waals surface area contributed by atoms with Crippen LogP contribution in [0, 0.1) is 5.41 Å². The molecule has 2 aliphatic rings. The Balaban J connectivity index is 1.61. The quantitative estimate of drug-likeness (QED) is 0.794. The summed E-state index contributed by atoms with van der Waals surface area (Å²) in [5.74, 6) is 0. The van der Waals surface area contributed by atoms with Crippen molar-refractivity contribution in [2.24, 2.45) is 5.41 Å². The van der Waals surface area contributed by atoms with Crippen molar-refractivity contribution in [3.05, 3.63) is 18.2 Å². The van der Waals surface area contributed by atoms with Gasteiger partial charge >= 0.3 is 6.03 Å². The molecule has 5 nitrogen and oxygen atoms in total. The van der Waals surface area contributed by atoms with Gasteiger partial charge in [-0.25, -0.2) is 9.78 Å². The van der Waals surface area contributed by atoms with Gasteiger partial charge in [0.25, 0.3) is 0 Å². The SMILES string of the molecule is CC1(C)C[C@@H]1NC(=O)N1CCn2cncc2C1. The fourth-order valence-electron chi connectivity index (χ4n) is 2.31. The van der Waals surface area contributed by atoms with E-state index in [0.29, 0.717) is 12.6 Å². The standard InChI is InChI=1S/C12H18N4O/c1-12(2)5-10(12)14-11(17)15-3-4-16-8-13-6-9(16)7-15/h6,8,10H,3-5,7H2,1-2H3,(H,14,17)/t10-/m0/s1. The molecule has 5 heteroatoms. The van der Waals surface area contributed by atoms with Crippen molar-refractivity contribution in [3.8, 4) is 0 Å². The van der Waals surface area contributed by atoms with E-state index >= 15 is 0 Å². The molecule has 0 aromatic carbocycles. The van der Waals surface area contributed by atoms with E-state index < -0.39 is 0 Å². The highest BCUT2D eigenvalue weighted by atomic mass is 16.2. The predicted octanol–water partition coefficient (Wildman–Crippen LogP) is 1.21. The maximum Gasteiger partial charge on any atom is 0.318 e. The summed E-state index contributed by atoms with van der Waals surface area (Å²) in [6.07, 6.45) is 4.75. The number of amides is 2. The molecule has 0 saturated heterocycles. The molecule has 0 spiro atoms. The number of hydrogen-bond acceptors (Lipinski definition) is 2. The lowest BCUT2D eigenvalue weighted by Gasteiger charge is -2.28. The van der Waals surface area contributed by atoms with Crippen LogP contribution in [0.15, 0.2) is 12.5 Å². The summed E-state index contributed by atoms with van der Waals surface area (Å²) in [6, 6.07) is 0.412. The normalized spacial score (nSPS) is 25.3. The Morgan fingerprint density at radius 1 is 1.53 bits per heavy atom. The molecule has 0 bridgehead atoms. The van der Waals surface area contributed by atoms with Crippen LogP contribution in [-0.4, -0.2) is 33.1 Å². The molecule has 1 aromatic heterocycles. The highest BCUT2D eigenvalue weighted by Crippen LogP contribution is 2.44. The van der Waals surface area contributed by atoms with Gasteiger partial charge in [-0.05, 0) is 11.8 Å². The van der Waals surface area contributed by atoms with Gasteiger partial charge in [0.05, 0.1) is 18.6 Å². The van der Waals surface area contributed by atoms with E-state index in [0.717, 1.165) is 25.2 Å². The van der Waals surface area contributed by atoms with Gasteiger partial charge in [-0.15, -0.1) is 0 Å². The third kappa shape index (κ3) is 1.90. The summed E-state index contributed by atoms with van der Waals surface area (Å²) >= 11 is 0. The minimum absolute atomic E-state index is 0.0630. The fourth-order valence-corrected chi connectivity index (χ4v) is 2.31. The maximum absolute atomic E-state index is 12.1. The van der Waals surface area contributed by atoms with Gasteiger partial charge in [0, 0.05) is 25.3 Å². The number of urea groups is 1. The van der Waals surface area contributed by atoms with Crippen LogP contribution in [0.5, 0.6) is 0 Å². The van der Waals surface area contributed by atoms with Crippen molar-refractivity contribution in [2.45, 2.75) is 39.4 Å². The van der Waals surface area contributed by atoms with Crippen LogP contribution in [0.1, 0.15) is 26.0 Å². The lowest BCUT2D eigenvalue weighted by molar-refractivity contribution is 0.182. The number of hydrogen-bond donors (Lipinski definition) is 1. The molecular weight excluding hydrogens is 216 g/mol. The van der Waals surface area contributed by atoms with Gasteiger partial charge in [-0.1, -0.05) is 13.8 Å². The molecule has 1 N–H and O–H groups in total. The van der Waals surface area contributed by atoms with E-state index in [4.69, 9.17) is 0 Å². The number of fused-ring (bicyclic) bond motifs is 1. The molecule has 1 fully saturated rings. The van der Waals surface area contributed by atoms with Crippen LogP contribution in [0.2, 0.25) is 0 Å². The molecule has 1 aliphatic carbocycles. The van der Waals surface area contributed by atoms with Crippen molar-refractivity contribution in [1.29, 1.82) is 0 Å². The van der Waals surface area contributed by atoms with Gasteiger partial charge in [0.15, 0.2) is 0 Å². The van der Waals surface area contributed by atoms with E-state index in [2.05, 4.69) is 28.7 Å².